The number of hydrogen-bond donors (Lipinski definition) is 0. The molecule has 0 N–H and O–H groups in total. The summed E-state index contributed by atoms with van der Waals surface area (Å²) in [5, 5.41) is -0.587. The van der Waals surface area contributed by atoms with Gasteiger partial charge in [0, 0.05) is 6.08 Å². The minimum atomic E-state index is -3.57. The van der Waals surface area contributed by atoms with Crippen LogP contribution >= 0.6 is 0 Å². The summed E-state index contributed by atoms with van der Waals surface area (Å²) in [5.74, 6) is -0.524. The van der Waals surface area contributed by atoms with Gasteiger partial charge in [-0.2, -0.15) is 8.42 Å². The van der Waals surface area contributed by atoms with Crippen LogP contribution in [0.4, 0.5) is 0 Å². The average Bonchev–Trinajstić information content (AvgIpc) is 2.95. The molecule has 5 unspecified atom stereocenters. The topological polar surface area (TPSA) is 88.1 Å². The van der Waals surface area contributed by atoms with Crippen molar-refractivity contribution in [3.63, 3.8) is 0 Å². The van der Waals surface area contributed by atoms with Crippen molar-refractivity contribution >= 4 is 16.1 Å². The standard InChI is InChI=1S/C12H16O7S/c1-3-9(13)16-4-5-17-10-7-6-8-11(18-7)12(10,2)19-20(8,14)15/h3,7-8,10-11H,1,4-6H2,2H3. The van der Waals surface area contributed by atoms with E-state index in [9.17, 15) is 13.2 Å². The van der Waals surface area contributed by atoms with E-state index in [4.69, 9.17) is 18.4 Å². The first-order valence-electron chi connectivity index (χ1n) is 6.39. The Morgan fingerprint density at radius 3 is 2.95 bits per heavy atom. The summed E-state index contributed by atoms with van der Waals surface area (Å²) in [6, 6.07) is 0. The van der Waals surface area contributed by atoms with E-state index in [0.29, 0.717) is 6.42 Å². The lowest BCUT2D eigenvalue weighted by Crippen LogP contribution is -2.50. The number of carbonyl (C=O) groups is 1. The van der Waals surface area contributed by atoms with Gasteiger partial charge in [0.1, 0.15) is 29.7 Å². The zero-order valence-electron chi connectivity index (χ0n) is 11.0. The van der Waals surface area contributed by atoms with Crippen molar-refractivity contribution < 1.29 is 31.6 Å². The second-order valence-corrected chi connectivity index (χ2v) is 7.05. The second kappa shape index (κ2) is 4.52. The Bertz CT molecular complexity index is 542. The van der Waals surface area contributed by atoms with Crippen molar-refractivity contribution in [2.45, 2.75) is 42.5 Å². The summed E-state index contributed by atoms with van der Waals surface area (Å²) in [4.78, 5) is 10.9. The van der Waals surface area contributed by atoms with Crippen molar-refractivity contribution in [3.8, 4) is 0 Å². The number of rotatable bonds is 5. The molecule has 2 bridgehead atoms. The maximum atomic E-state index is 11.9. The number of hydrogen-bond acceptors (Lipinski definition) is 7. The van der Waals surface area contributed by atoms with Crippen LogP contribution in [0.25, 0.3) is 0 Å². The van der Waals surface area contributed by atoms with Crippen LogP contribution in [-0.4, -0.2) is 56.8 Å². The number of ether oxygens (including phenoxy) is 3. The molecule has 3 fully saturated rings. The second-order valence-electron chi connectivity index (χ2n) is 5.29. The van der Waals surface area contributed by atoms with Gasteiger partial charge < -0.3 is 14.2 Å². The quantitative estimate of drug-likeness (QED) is 0.300. The molecule has 0 aromatic carbocycles. The van der Waals surface area contributed by atoms with Crippen LogP contribution < -0.4 is 0 Å². The zero-order valence-corrected chi connectivity index (χ0v) is 11.8. The van der Waals surface area contributed by atoms with Gasteiger partial charge in [0.2, 0.25) is 0 Å². The van der Waals surface area contributed by atoms with Crippen LogP contribution in [0.15, 0.2) is 12.7 Å². The summed E-state index contributed by atoms with van der Waals surface area (Å²) in [5.41, 5.74) is -0.977. The molecule has 7 nitrogen and oxygen atoms in total. The van der Waals surface area contributed by atoms with Gasteiger partial charge in [0.25, 0.3) is 10.1 Å². The van der Waals surface area contributed by atoms with Crippen molar-refractivity contribution in [1.82, 2.24) is 0 Å². The van der Waals surface area contributed by atoms with Gasteiger partial charge in [0.15, 0.2) is 0 Å². The molecule has 3 saturated heterocycles. The fraction of sp³-hybridized carbons (Fsp3) is 0.750. The Balaban J connectivity index is 1.62. The Hall–Kier alpha value is -0.960. The molecule has 20 heavy (non-hydrogen) atoms. The van der Waals surface area contributed by atoms with Crippen LogP contribution in [0.1, 0.15) is 13.3 Å². The lowest BCUT2D eigenvalue weighted by Gasteiger charge is -2.30. The largest absolute Gasteiger partial charge is 0.460 e. The smallest absolute Gasteiger partial charge is 0.330 e. The molecule has 0 amide bonds. The van der Waals surface area contributed by atoms with Gasteiger partial charge in [-0.25, -0.2) is 4.79 Å². The van der Waals surface area contributed by atoms with Crippen LogP contribution in [0.3, 0.4) is 0 Å². The van der Waals surface area contributed by atoms with Gasteiger partial charge in [-0.1, -0.05) is 6.58 Å². The van der Waals surface area contributed by atoms with E-state index in [-0.39, 0.29) is 19.3 Å². The Morgan fingerprint density at radius 1 is 1.50 bits per heavy atom. The van der Waals surface area contributed by atoms with Crippen molar-refractivity contribution in [3.05, 3.63) is 12.7 Å². The highest BCUT2D eigenvalue weighted by atomic mass is 32.2. The van der Waals surface area contributed by atoms with E-state index >= 15 is 0 Å². The highest BCUT2D eigenvalue weighted by Gasteiger charge is 2.72. The zero-order chi connectivity index (χ0) is 14.5. The number of carbonyl (C=O) groups excluding carboxylic acids is 1. The highest BCUT2D eigenvalue weighted by molar-refractivity contribution is 7.87. The predicted octanol–water partition coefficient (Wildman–Crippen LogP) is -0.241. The van der Waals surface area contributed by atoms with E-state index in [2.05, 4.69) is 6.58 Å². The maximum Gasteiger partial charge on any atom is 0.330 e. The Labute approximate surface area is 116 Å². The summed E-state index contributed by atoms with van der Waals surface area (Å²) in [6.07, 6.45) is 0.225. The SMILES string of the molecule is C=CC(=O)OCCOC1C2CC3C(O2)C1(C)OS3(=O)=O. The fourth-order valence-electron chi connectivity index (χ4n) is 3.24. The van der Waals surface area contributed by atoms with Crippen molar-refractivity contribution in [1.29, 1.82) is 0 Å². The van der Waals surface area contributed by atoms with E-state index in [1.807, 2.05) is 0 Å². The molecule has 112 valence electrons. The van der Waals surface area contributed by atoms with Crippen LogP contribution in [-0.2, 0) is 33.3 Å². The molecule has 3 aliphatic rings. The van der Waals surface area contributed by atoms with Gasteiger partial charge >= 0.3 is 5.97 Å². The molecular weight excluding hydrogens is 288 g/mol. The molecule has 3 rings (SSSR count). The maximum absolute atomic E-state index is 11.9. The van der Waals surface area contributed by atoms with E-state index in [1.165, 1.54) is 0 Å². The summed E-state index contributed by atoms with van der Waals surface area (Å²) < 4.78 is 45.0. The minimum Gasteiger partial charge on any atom is -0.460 e. The third-order valence-electron chi connectivity index (χ3n) is 4.05. The molecule has 0 saturated carbocycles. The van der Waals surface area contributed by atoms with Crippen molar-refractivity contribution in [2.75, 3.05) is 13.2 Å². The molecular formula is C12H16O7S. The fourth-order valence-corrected chi connectivity index (χ4v) is 5.12. The monoisotopic (exact) mass is 304 g/mol. The van der Waals surface area contributed by atoms with Crippen LogP contribution in [0.5, 0.6) is 0 Å². The van der Waals surface area contributed by atoms with E-state index in [1.54, 1.807) is 6.92 Å². The molecule has 3 aliphatic heterocycles. The summed E-state index contributed by atoms with van der Waals surface area (Å²) in [7, 11) is -3.57. The van der Waals surface area contributed by atoms with E-state index < -0.39 is 39.1 Å². The van der Waals surface area contributed by atoms with Crippen molar-refractivity contribution in [2.24, 2.45) is 0 Å². The van der Waals surface area contributed by atoms with Gasteiger partial charge in [-0.3, -0.25) is 4.18 Å². The molecule has 0 radical (unpaired) electrons. The third kappa shape index (κ3) is 1.90. The van der Waals surface area contributed by atoms with Crippen LogP contribution in [0.2, 0.25) is 0 Å². The normalized spacial score (nSPS) is 43.6. The number of fused-ring (bicyclic) bond motifs is 1. The summed E-state index contributed by atoms with van der Waals surface area (Å²) >= 11 is 0. The minimum absolute atomic E-state index is 0.0744. The molecule has 0 aliphatic carbocycles. The van der Waals surface area contributed by atoms with Crippen LogP contribution in [0, 0.1) is 0 Å². The average molecular weight is 304 g/mol. The Kier molecular flexibility index (Phi) is 3.16. The lowest BCUT2D eigenvalue weighted by atomic mass is 9.83. The molecule has 8 heteroatoms. The predicted molar refractivity (Wildman–Crippen MR) is 66.4 cm³/mol. The first-order chi connectivity index (χ1) is 9.38. The van der Waals surface area contributed by atoms with Gasteiger partial charge in [0.05, 0.1) is 12.7 Å². The molecule has 3 heterocycles. The Morgan fingerprint density at radius 2 is 2.25 bits per heavy atom. The summed E-state index contributed by atoms with van der Waals surface area (Å²) in [6.45, 7) is 5.20. The lowest BCUT2D eigenvalue weighted by molar-refractivity contribution is -0.141. The number of esters is 1. The van der Waals surface area contributed by atoms with Gasteiger partial charge in [-0.05, 0) is 13.3 Å². The molecule has 0 spiro atoms. The first kappa shape index (κ1) is 14.0. The molecule has 5 atom stereocenters. The first-order valence-corrected chi connectivity index (χ1v) is 7.86. The molecule has 0 aromatic rings. The van der Waals surface area contributed by atoms with Gasteiger partial charge in [-0.15, -0.1) is 0 Å². The van der Waals surface area contributed by atoms with E-state index in [0.717, 1.165) is 6.08 Å². The third-order valence-corrected chi connectivity index (χ3v) is 5.82. The highest BCUT2D eigenvalue weighted by Crippen LogP contribution is 2.54. The molecule has 0 aromatic heterocycles.